The Bertz CT molecular complexity index is 437. The Morgan fingerprint density at radius 1 is 1.42 bits per heavy atom. The fraction of sp³-hybridized carbons (Fsp3) is 0.917. The summed E-state index contributed by atoms with van der Waals surface area (Å²) in [4.78, 5) is 13.8. The highest BCUT2D eigenvalue weighted by Gasteiger charge is 2.30. The number of nitrogens with one attached hydrogen (secondary N) is 1. The number of aliphatic hydroxyl groups is 1. The van der Waals surface area contributed by atoms with Gasteiger partial charge in [0.25, 0.3) is 0 Å². The number of carbonyl (C=O) groups excluding carboxylic acids is 1. The average molecular weight is 290 g/mol. The van der Waals surface area contributed by atoms with Crippen LogP contribution in [0.3, 0.4) is 0 Å². The van der Waals surface area contributed by atoms with E-state index in [9.17, 15) is 18.3 Å². The van der Waals surface area contributed by atoms with Crippen molar-refractivity contribution in [1.29, 1.82) is 0 Å². The lowest BCUT2D eigenvalue weighted by atomic mass is 9.96. The van der Waals surface area contributed by atoms with Gasteiger partial charge < -0.3 is 10.4 Å². The zero-order valence-corrected chi connectivity index (χ0v) is 12.0. The Hall–Kier alpha value is -0.660. The summed E-state index contributed by atoms with van der Waals surface area (Å²) < 4.78 is 22.6. The van der Waals surface area contributed by atoms with Crippen molar-refractivity contribution < 1.29 is 18.3 Å². The van der Waals surface area contributed by atoms with Crippen molar-refractivity contribution in [3.05, 3.63) is 0 Å². The van der Waals surface area contributed by atoms with Crippen molar-refractivity contribution in [3.8, 4) is 0 Å². The van der Waals surface area contributed by atoms with Gasteiger partial charge in [-0.15, -0.1) is 0 Å². The number of β-amino-alcohol motifs (C(OH)–C–C–N with tert-alkyl or cyclic N) is 1. The van der Waals surface area contributed by atoms with E-state index in [1.54, 1.807) is 0 Å². The van der Waals surface area contributed by atoms with E-state index in [2.05, 4.69) is 5.32 Å². The lowest BCUT2D eigenvalue weighted by Crippen LogP contribution is -2.48. The summed E-state index contributed by atoms with van der Waals surface area (Å²) in [6.07, 6.45) is 1.01. The molecule has 7 heteroatoms. The highest BCUT2D eigenvalue weighted by atomic mass is 32.2. The molecular weight excluding hydrogens is 268 g/mol. The Morgan fingerprint density at radius 2 is 2.16 bits per heavy atom. The standard InChI is InChI=1S/C12H22N2O4S/c1-9-2-4-14(6-11(9)15)7-12(16)13-10-3-5-19(17,18)8-10/h9-11,15H,2-8H2,1H3,(H,13,16). The highest BCUT2D eigenvalue weighted by molar-refractivity contribution is 7.91. The minimum atomic E-state index is -2.96. The molecule has 0 aromatic carbocycles. The van der Waals surface area contributed by atoms with E-state index in [1.807, 2.05) is 11.8 Å². The van der Waals surface area contributed by atoms with Gasteiger partial charge in [0, 0.05) is 12.6 Å². The van der Waals surface area contributed by atoms with Crippen LogP contribution in [0.2, 0.25) is 0 Å². The summed E-state index contributed by atoms with van der Waals surface area (Å²) in [5.41, 5.74) is 0. The van der Waals surface area contributed by atoms with Crippen molar-refractivity contribution in [1.82, 2.24) is 10.2 Å². The molecule has 6 nitrogen and oxygen atoms in total. The number of amides is 1. The fourth-order valence-electron chi connectivity index (χ4n) is 2.64. The number of hydrogen-bond donors (Lipinski definition) is 2. The van der Waals surface area contributed by atoms with Crippen LogP contribution in [-0.2, 0) is 14.6 Å². The lowest BCUT2D eigenvalue weighted by molar-refractivity contribution is -0.123. The molecule has 2 N–H and O–H groups in total. The van der Waals surface area contributed by atoms with Crippen LogP contribution in [-0.4, -0.2) is 67.6 Å². The van der Waals surface area contributed by atoms with Gasteiger partial charge in [-0.05, 0) is 25.3 Å². The second-order valence-corrected chi connectivity index (χ2v) is 7.96. The van der Waals surface area contributed by atoms with Gasteiger partial charge in [-0.3, -0.25) is 9.69 Å². The van der Waals surface area contributed by atoms with Crippen LogP contribution in [0.4, 0.5) is 0 Å². The fourth-order valence-corrected chi connectivity index (χ4v) is 4.32. The summed E-state index contributed by atoms with van der Waals surface area (Å²) in [5.74, 6) is 0.346. The lowest BCUT2D eigenvalue weighted by Gasteiger charge is -2.33. The molecule has 2 saturated heterocycles. The first-order valence-corrected chi connectivity index (χ1v) is 8.58. The summed E-state index contributed by atoms with van der Waals surface area (Å²) in [6.45, 7) is 3.55. The maximum absolute atomic E-state index is 11.8. The molecule has 2 heterocycles. The van der Waals surface area contributed by atoms with Gasteiger partial charge in [-0.1, -0.05) is 6.92 Å². The SMILES string of the molecule is CC1CCN(CC(=O)NC2CCS(=O)(=O)C2)CC1O. The summed E-state index contributed by atoms with van der Waals surface area (Å²) in [7, 11) is -2.96. The molecule has 0 aromatic rings. The van der Waals surface area contributed by atoms with Gasteiger partial charge in [0.15, 0.2) is 9.84 Å². The van der Waals surface area contributed by atoms with Crippen LogP contribution in [0.5, 0.6) is 0 Å². The molecule has 0 aromatic heterocycles. The van der Waals surface area contributed by atoms with Crippen LogP contribution < -0.4 is 5.32 Å². The molecule has 110 valence electrons. The maximum atomic E-state index is 11.8. The topological polar surface area (TPSA) is 86.7 Å². The predicted molar refractivity (Wildman–Crippen MR) is 71.4 cm³/mol. The molecule has 0 saturated carbocycles. The number of likely N-dealkylation sites (tertiary alicyclic amines) is 1. The van der Waals surface area contributed by atoms with Gasteiger partial charge in [0.1, 0.15) is 0 Å². The zero-order valence-electron chi connectivity index (χ0n) is 11.2. The molecule has 3 unspecified atom stereocenters. The van der Waals surface area contributed by atoms with Gasteiger partial charge in [-0.2, -0.15) is 0 Å². The molecular formula is C12H22N2O4S. The maximum Gasteiger partial charge on any atom is 0.234 e. The van der Waals surface area contributed by atoms with Crippen molar-refractivity contribution >= 4 is 15.7 Å². The van der Waals surface area contributed by atoms with Gasteiger partial charge >= 0.3 is 0 Å². The van der Waals surface area contributed by atoms with Crippen LogP contribution >= 0.6 is 0 Å². The number of rotatable bonds is 3. The number of nitrogens with zero attached hydrogens (tertiary/aromatic N) is 1. The van der Waals surface area contributed by atoms with Gasteiger partial charge in [0.05, 0.1) is 24.2 Å². The first kappa shape index (κ1) is 14.7. The average Bonchev–Trinajstić information content (AvgIpc) is 2.63. The van der Waals surface area contributed by atoms with Crippen molar-refractivity contribution in [2.75, 3.05) is 31.1 Å². The second-order valence-electron chi connectivity index (χ2n) is 5.74. The molecule has 3 atom stereocenters. The van der Waals surface area contributed by atoms with Crippen LogP contribution in [0.25, 0.3) is 0 Å². The minimum Gasteiger partial charge on any atom is -0.392 e. The molecule has 19 heavy (non-hydrogen) atoms. The highest BCUT2D eigenvalue weighted by Crippen LogP contribution is 2.16. The monoisotopic (exact) mass is 290 g/mol. The first-order chi connectivity index (χ1) is 8.85. The molecule has 0 bridgehead atoms. The molecule has 2 aliphatic heterocycles. The van der Waals surface area contributed by atoms with Crippen LogP contribution in [0.1, 0.15) is 19.8 Å². The van der Waals surface area contributed by atoms with Gasteiger partial charge in [-0.25, -0.2) is 8.42 Å². The van der Waals surface area contributed by atoms with E-state index in [1.165, 1.54) is 0 Å². The van der Waals surface area contributed by atoms with Crippen molar-refractivity contribution in [2.45, 2.75) is 31.9 Å². The Labute approximate surface area is 114 Å². The summed E-state index contributed by atoms with van der Waals surface area (Å²) >= 11 is 0. The quantitative estimate of drug-likeness (QED) is 0.696. The van der Waals surface area contributed by atoms with Crippen molar-refractivity contribution in [3.63, 3.8) is 0 Å². The number of hydrogen-bond acceptors (Lipinski definition) is 5. The van der Waals surface area contributed by atoms with Crippen LogP contribution in [0.15, 0.2) is 0 Å². The third kappa shape index (κ3) is 4.15. The molecule has 1 amide bonds. The smallest absolute Gasteiger partial charge is 0.234 e. The van der Waals surface area contributed by atoms with Gasteiger partial charge in [0.2, 0.25) is 5.91 Å². The molecule has 0 aliphatic carbocycles. The normalized spacial score (nSPS) is 35.2. The van der Waals surface area contributed by atoms with E-state index >= 15 is 0 Å². The molecule has 2 aliphatic rings. The van der Waals surface area contributed by atoms with E-state index < -0.39 is 9.84 Å². The summed E-state index contributed by atoms with van der Waals surface area (Å²) in [5, 5.41) is 12.5. The van der Waals surface area contributed by atoms with E-state index in [0.29, 0.717) is 13.0 Å². The van der Waals surface area contributed by atoms with E-state index in [4.69, 9.17) is 0 Å². The number of piperidine rings is 1. The number of sulfone groups is 1. The molecule has 2 rings (SSSR count). The molecule has 2 fully saturated rings. The largest absolute Gasteiger partial charge is 0.392 e. The third-order valence-corrected chi connectivity index (χ3v) is 5.74. The minimum absolute atomic E-state index is 0.0540. The van der Waals surface area contributed by atoms with Crippen molar-refractivity contribution in [2.24, 2.45) is 5.92 Å². The third-order valence-electron chi connectivity index (χ3n) is 3.97. The van der Waals surface area contributed by atoms with E-state index in [0.717, 1.165) is 13.0 Å². The predicted octanol–water partition coefficient (Wildman–Crippen LogP) is -1.01. The van der Waals surface area contributed by atoms with E-state index in [-0.39, 0.29) is 42.0 Å². The Morgan fingerprint density at radius 3 is 2.74 bits per heavy atom. The van der Waals surface area contributed by atoms with Crippen LogP contribution in [0, 0.1) is 5.92 Å². The second kappa shape index (κ2) is 5.76. The molecule has 0 spiro atoms. The zero-order chi connectivity index (χ0) is 14.0. The molecule has 0 radical (unpaired) electrons. The Kier molecular flexibility index (Phi) is 4.47. The Balaban J connectivity index is 1.76. The number of carbonyl (C=O) groups is 1. The number of aliphatic hydroxyl groups excluding tert-OH is 1. The summed E-state index contributed by atoms with van der Waals surface area (Å²) in [6, 6.07) is -0.244. The first-order valence-electron chi connectivity index (χ1n) is 6.76.